The van der Waals surface area contributed by atoms with Gasteiger partial charge in [0.15, 0.2) is 10.8 Å². The summed E-state index contributed by atoms with van der Waals surface area (Å²) in [6.07, 6.45) is 0.714. The van der Waals surface area contributed by atoms with Gasteiger partial charge in [-0.15, -0.1) is 11.3 Å². The molecule has 0 aliphatic rings. The highest BCUT2D eigenvalue weighted by molar-refractivity contribution is 7.15. The molecule has 4 rings (SSSR count). The average molecular weight is 417 g/mol. The number of aromatic nitrogens is 4. The molecule has 148 valence electrons. The van der Waals surface area contributed by atoms with Gasteiger partial charge in [0.05, 0.1) is 11.3 Å². The van der Waals surface area contributed by atoms with Gasteiger partial charge < -0.3 is 0 Å². The van der Waals surface area contributed by atoms with Gasteiger partial charge in [-0.05, 0) is 24.6 Å². The zero-order chi connectivity index (χ0) is 20.6. The fourth-order valence-electron chi connectivity index (χ4n) is 2.93. The van der Waals surface area contributed by atoms with E-state index in [0.717, 1.165) is 17.0 Å². The van der Waals surface area contributed by atoms with Crippen LogP contribution in [0.1, 0.15) is 32.1 Å². The van der Waals surface area contributed by atoms with Gasteiger partial charge in [0, 0.05) is 29.9 Å². The molecule has 0 radical (unpaired) electrons. The molecule has 0 bridgehead atoms. The largest absolute Gasteiger partial charge is 0.416 e. The van der Waals surface area contributed by atoms with Gasteiger partial charge in [0.25, 0.3) is 5.91 Å². The number of amides is 1. The van der Waals surface area contributed by atoms with Crippen molar-refractivity contribution >= 4 is 28.0 Å². The van der Waals surface area contributed by atoms with Gasteiger partial charge in [-0.3, -0.25) is 10.1 Å². The Hall–Kier alpha value is -3.27. The number of halogens is 3. The third-order valence-corrected chi connectivity index (χ3v) is 5.12. The predicted octanol–water partition coefficient (Wildman–Crippen LogP) is 4.36. The molecule has 0 unspecified atom stereocenters. The molecule has 0 fully saturated rings. The van der Waals surface area contributed by atoms with Crippen LogP contribution in [0.4, 0.5) is 18.3 Å². The van der Waals surface area contributed by atoms with Crippen molar-refractivity contribution in [3.05, 3.63) is 76.2 Å². The molecular weight excluding hydrogens is 403 g/mol. The summed E-state index contributed by atoms with van der Waals surface area (Å²) in [5.74, 6) is -0.392. The molecule has 10 heteroatoms. The fourth-order valence-corrected chi connectivity index (χ4v) is 3.77. The second-order valence-electron chi connectivity index (χ2n) is 6.31. The molecule has 0 spiro atoms. The van der Waals surface area contributed by atoms with Gasteiger partial charge >= 0.3 is 6.18 Å². The van der Waals surface area contributed by atoms with Gasteiger partial charge in [0.1, 0.15) is 5.56 Å². The zero-order valence-electron chi connectivity index (χ0n) is 15.1. The van der Waals surface area contributed by atoms with E-state index in [9.17, 15) is 18.0 Å². The summed E-state index contributed by atoms with van der Waals surface area (Å²) in [7, 11) is 0. The Bertz CT molecular complexity index is 1200. The van der Waals surface area contributed by atoms with Crippen molar-refractivity contribution in [1.29, 1.82) is 0 Å². The molecule has 6 nitrogen and oxygen atoms in total. The number of nitrogens with zero attached hydrogens (tertiary/aromatic N) is 4. The molecule has 3 heterocycles. The maximum atomic E-state index is 12.9. The second kappa shape index (κ2) is 7.28. The number of aryl methyl sites for hydroxylation is 1. The highest BCUT2D eigenvalue weighted by Gasteiger charge is 2.30. The molecular formula is C19H14F3N5OS. The Kier molecular flexibility index (Phi) is 4.79. The molecule has 1 N–H and O–H groups in total. The van der Waals surface area contributed by atoms with E-state index in [0.29, 0.717) is 27.6 Å². The normalized spacial score (nSPS) is 11.7. The average Bonchev–Trinajstić information content (AvgIpc) is 3.24. The van der Waals surface area contributed by atoms with Gasteiger partial charge in [-0.1, -0.05) is 18.2 Å². The van der Waals surface area contributed by atoms with Crippen LogP contribution in [-0.4, -0.2) is 25.5 Å². The first-order valence-electron chi connectivity index (χ1n) is 8.53. The summed E-state index contributed by atoms with van der Waals surface area (Å²) in [4.78, 5) is 21.7. The van der Waals surface area contributed by atoms with E-state index < -0.39 is 17.6 Å². The predicted molar refractivity (Wildman–Crippen MR) is 102 cm³/mol. The van der Waals surface area contributed by atoms with E-state index in [1.54, 1.807) is 37.6 Å². The van der Waals surface area contributed by atoms with Crippen LogP contribution in [0, 0.1) is 6.92 Å². The van der Waals surface area contributed by atoms with Crippen LogP contribution in [0.5, 0.6) is 0 Å². The summed E-state index contributed by atoms with van der Waals surface area (Å²) in [6.45, 7) is 1.71. The van der Waals surface area contributed by atoms with Crippen LogP contribution >= 0.6 is 11.3 Å². The lowest BCUT2D eigenvalue weighted by Crippen LogP contribution is -2.13. The number of carbonyl (C=O) groups excluding carboxylic acids is 1. The Morgan fingerprint density at radius 2 is 2.07 bits per heavy atom. The summed E-state index contributed by atoms with van der Waals surface area (Å²) in [6, 6.07) is 6.87. The van der Waals surface area contributed by atoms with Gasteiger partial charge in [-0.2, -0.15) is 18.3 Å². The van der Waals surface area contributed by atoms with E-state index in [2.05, 4.69) is 20.4 Å². The zero-order valence-corrected chi connectivity index (χ0v) is 15.9. The van der Waals surface area contributed by atoms with E-state index in [4.69, 9.17) is 0 Å². The number of hydrogen-bond acceptors (Lipinski definition) is 5. The molecule has 0 saturated heterocycles. The number of carbonyl (C=O) groups is 1. The Morgan fingerprint density at radius 3 is 2.86 bits per heavy atom. The SMILES string of the molecule is Cc1nn2cccnc2c1C(=O)Nc1ncc(Cc2cccc(C(F)(F)F)c2)s1. The van der Waals surface area contributed by atoms with Crippen LogP contribution < -0.4 is 5.32 Å². The summed E-state index contributed by atoms with van der Waals surface area (Å²) in [5, 5.41) is 7.32. The molecule has 0 saturated carbocycles. The van der Waals surface area contributed by atoms with Gasteiger partial charge in [-0.25, -0.2) is 14.5 Å². The van der Waals surface area contributed by atoms with E-state index in [1.807, 2.05) is 0 Å². The van der Waals surface area contributed by atoms with E-state index in [1.165, 1.54) is 21.9 Å². The summed E-state index contributed by atoms with van der Waals surface area (Å²) in [5.41, 5.74) is 1.14. The lowest BCUT2D eigenvalue weighted by atomic mass is 10.1. The Balaban J connectivity index is 1.51. The number of fused-ring (bicyclic) bond motifs is 1. The number of anilines is 1. The van der Waals surface area contributed by atoms with Crippen molar-refractivity contribution in [3.63, 3.8) is 0 Å². The number of alkyl halides is 3. The summed E-state index contributed by atoms with van der Waals surface area (Å²) >= 11 is 1.21. The first-order valence-corrected chi connectivity index (χ1v) is 9.35. The van der Waals surface area contributed by atoms with Crippen LogP contribution in [0.15, 0.2) is 48.9 Å². The Morgan fingerprint density at radius 1 is 1.24 bits per heavy atom. The maximum Gasteiger partial charge on any atom is 0.416 e. The first kappa shape index (κ1) is 19.1. The van der Waals surface area contributed by atoms with Crippen molar-refractivity contribution in [2.75, 3.05) is 5.32 Å². The van der Waals surface area contributed by atoms with Gasteiger partial charge in [0.2, 0.25) is 0 Å². The van der Waals surface area contributed by atoms with Crippen LogP contribution in [0.25, 0.3) is 5.65 Å². The molecule has 1 aromatic carbocycles. The van der Waals surface area contributed by atoms with Crippen LogP contribution in [0.2, 0.25) is 0 Å². The number of benzene rings is 1. The molecule has 0 atom stereocenters. The van der Waals surface area contributed by atoms with E-state index >= 15 is 0 Å². The number of thiazole rings is 1. The van der Waals surface area contributed by atoms with Crippen molar-refractivity contribution in [2.24, 2.45) is 0 Å². The molecule has 4 aromatic rings. The first-order chi connectivity index (χ1) is 13.8. The van der Waals surface area contributed by atoms with E-state index in [-0.39, 0.29) is 6.42 Å². The third-order valence-electron chi connectivity index (χ3n) is 4.20. The van der Waals surface area contributed by atoms with Crippen molar-refractivity contribution in [2.45, 2.75) is 19.5 Å². The summed E-state index contributed by atoms with van der Waals surface area (Å²) < 4.78 is 40.1. The monoisotopic (exact) mass is 417 g/mol. The van der Waals surface area contributed by atoms with Crippen molar-refractivity contribution in [1.82, 2.24) is 19.6 Å². The molecule has 1 amide bonds. The standard InChI is InChI=1S/C19H14F3N5OS/c1-11-15(16-23-6-3-7-27(16)26-11)17(28)25-18-24-10-14(29-18)9-12-4-2-5-13(8-12)19(20,21)22/h2-8,10H,9H2,1H3,(H,24,25,28). The number of hydrogen-bond donors (Lipinski definition) is 1. The Labute approximate surface area is 167 Å². The minimum absolute atomic E-state index is 0.286. The topological polar surface area (TPSA) is 72.2 Å². The lowest BCUT2D eigenvalue weighted by molar-refractivity contribution is -0.137. The lowest BCUT2D eigenvalue weighted by Gasteiger charge is -2.07. The van der Waals surface area contributed by atoms with Crippen LogP contribution in [0.3, 0.4) is 0 Å². The quantitative estimate of drug-likeness (QED) is 0.536. The molecule has 29 heavy (non-hydrogen) atoms. The molecule has 0 aliphatic carbocycles. The van der Waals surface area contributed by atoms with Crippen molar-refractivity contribution < 1.29 is 18.0 Å². The molecule has 0 aliphatic heterocycles. The minimum atomic E-state index is -4.39. The second-order valence-corrected chi connectivity index (χ2v) is 7.42. The maximum absolute atomic E-state index is 12.9. The molecule has 3 aromatic heterocycles. The smallest absolute Gasteiger partial charge is 0.298 e. The number of rotatable bonds is 4. The highest BCUT2D eigenvalue weighted by Crippen LogP contribution is 2.30. The van der Waals surface area contributed by atoms with Crippen LogP contribution in [-0.2, 0) is 12.6 Å². The third kappa shape index (κ3) is 3.97. The minimum Gasteiger partial charge on any atom is -0.298 e. The fraction of sp³-hybridized carbons (Fsp3) is 0.158. The highest BCUT2D eigenvalue weighted by atomic mass is 32.1. The number of nitrogens with one attached hydrogen (secondary N) is 1. The van der Waals surface area contributed by atoms with Crippen molar-refractivity contribution in [3.8, 4) is 0 Å².